The highest BCUT2D eigenvalue weighted by Gasteiger charge is 2.16. The van der Waals surface area contributed by atoms with E-state index in [1.54, 1.807) is 10.7 Å². The van der Waals surface area contributed by atoms with Crippen molar-refractivity contribution in [1.82, 2.24) is 35.2 Å². The predicted octanol–water partition coefficient (Wildman–Crippen LogP) is 3.16. The van der Waals surface area contributed by atoms with E-state index < -0.39 is 0 Å². The summed E-state index contributed by atoms with van der Waals surface area (Å²) in [7, 11) is 0. The van der Waals surface area contributed by atoms with E-state index in [0.29, 0.717) is 23.0 Å². The highest BCUT2D eigenvalue weighted by atomic mass is 16.5. The summed E-state index contributed by atoms with van der Waals surface area (Å²) in [4.78, 5) is 0. The highest BCUT2D eigenvalue weighted by molar-refractivity contribution is 5.72. The second-order valence-electron chi connectivity index (χ2n) is 6.14. The zero-order chi connectivity index (χ0) is 18.8. The van der Waals surface area contributed by atoms with Crippen molar-refractivity contribution in [3.63, 3.8) is 0 Å². The largest absolute Gasteiger partial charge is 0.470 e. The summed E-state index contributed by atoms with van der Waals surface area (Å²) in [5, 5.41) is 23.7. The van der Waals surface area contributed by atoms with Gasteiger partial charge in [0.2, 0.25) is 5.88 Å². The van der Waals surface area contributed by atoms with Gasteiger partial charge in [-0.2, -0.15) is 19.9 Å². The average molecular weight is 369 g/mol. The lowest BCUT2D eigenvalue weighted by Crippen LogP contribution is -2.04. The van der Waals surface area contributed by atoms with Crippen LogP contribution in [0.15, 0.2) is 72.9 Å². The summed E-state index contributed by atoms with van der Waals surface area (Å²) in [6.07, 6.45) is 1.62. The Morgan fingerprint density at radius 1 is 0.893 bits per heavy atom. The van der Waals surface area contributed by atoms with Crippen molar-refractivity contribution in [2.24, 2.45) is 0 Å². The van der Waals surface area contributed by atoms with Gasteiger partial charge in [0.25, 0.3) is 0 Å². The van der Waals surface area contributed by atoms with Crippen molar-refractivity contribution in [2.75, 3.05) is 0 Å². The van der Waals surface area contributed by atoms with Gasteiger partial charge in [-0.1, -0.05) is 60.7 Å². The maximum Gasteiger partial charge on any atom is 0.240 e. The van der Waals surface area contributed by atoms with Crippen LogP contribution in [-0.2, 0) is 6.61 Å². The molecule has 0 fully saturated rings. The standard InChI is InChI=1S/C20H15N7O/c1-3-7-14(8-4-1)17-11-18-23-24-19(15-9-5-2-6-10-15)27(18)25-20(17)28-13-16-12-21-26-22-16/h1-12H,13H2,(H,21,22,26). The molecule has 8 heteroatoms. The van der Waals surface area contributed by atoms with E-state index in [9.17, 15) is 0 Å². The molecule has 8 nitrogen and oxygen atoms in total. The first-order valence-corrected chi connectivity index (χ1v) is 8.73. The third-order valence-electron chi connectivity index (χ3n) is 4.30. The molecule has 5 rings (SSSR count). The molecular formula is C20H15N7O. The number of fused-ring (bicyclic) bond motifs is 1. The maximum absolute atomic E-state index is 5.99. The van der Waals surface area contributed by atoms with E-state index in [-0.39, 0.29) is 6.61 Å². The third kappa shape index (κ3) is 2.96. The number of aromatic nitrogens is 7. The van der Waals surface area contributed by atoms with E-state index in [1.807, 2.05) is 66.7 Å². The molecule has 0 aliphatic carbocycles. The van der Waals surface area contributed by atoms with Gasteiger partial charge in [-0.15, -0.1) is 15.3 Å². The number of aromatic amines is 1. The van der Waals surface area contributed by atoms with Gasteiger partial charge in [-0.3, -0.25) is 0 Å². The van der Waals surface area contributed by atoms with Crippen molar-refractivity contribution >= 4 is 5.65 Å². The zero-order valence-electron chi connectivity index (χ0n) is 14.7. The first-order chi connectivity index (χ1) is 13.9. The van der Waals surface area contributed by atoms with Gasteiger partial charge < -0.3 is 4.74 Å². The molecule has 0 bridgehead atoms. The number of benzene rings is 2. The lowest BCUT2D eigenvalue weighted by molar-refractivity contribution is 0.286. The molecule has 0 saturated heterocycles. The fourth-order valence-electron chi connectivity index (χ4n) is 2.95. The monoisotopic (exact) mass is 369 g/mol. The van der Waals surface area contributed by atoms with Gasteiger partial charge in [0.05, 0.1) is 6.20 Å². The minimum atomic E-state index is 0.248. The lowest BCUT2D eigenvalue weighted by Gasteiger charge is -2.11. The van der Waals surface area contributed by atoms with Crippen LogP contribution in [0.1, 0.15) is 5.69 Å². The quantitative estimate of drug-likeness (QED) is 0.511. The minimum Gasteiger partial charge on any atom is -0.470 e. The summed E-state index contributed by atoms with van der Waals surface area (Å²) in [6, 6.07) is 21.7. The van der Waals surface area contributed by atoms with Gasteiger partial charge in [0.15, 0.2) is 11.5 Å². The van der Waals surface area contributed by atoms with Crippen molar-refractivity contribution in [1.29, 1.82) is 0 Å². The van der Waals surface area contributed by atoms with Crippen LogP contribution in [0.5, 0.6) is 5.88 Å². The fraction of sp³-hybridized carbons (Fsp3) is 0.0500. The number of hydrogen-bond acceptors (Lipinski definition) is 6. The molecule has 1 N–H and O–H groups in total. The van der Waals surface area contributed by atoms with Crippen molar-refractivity contribution < 1.29 is 4.74 Å². The molecule has 3 aromatic heterocycles. The molecule has 0 aliphatic rings. The molecule has 0 saturated carbocycles. The first-order valence-electron chi connectivity index (χ1n) is 8.73. The molecule has 3 heterocycles. The maximum atomic E-state index is 5.99. The minimum absolute atomic E-state index is 0.248. The van der Waals surface area contributed by atoms with Gasteiger partial charge in [-0.25, -0.2) is 0 Å². The number of rotatable bonds is 5. The van der Waals surface area contributed by atoms with E-state index in [0.717, 1.165) is 16.7 Å². The Morgan fingerprint density at radius 2 is 1.64 bits per heavy atom. The van der Waals surface area contributed by atoms with Crippen LogP contribution < -0.4 is 4.74 Å². The Kier molecular flexibility index (Phi) is 3.98. The molecule has 0 atom stereocenters. The predicted molar refractivity (Wildman–Crippen MR) is 102 cm³/mol. The summed E-state index contributed by atoms with van der Waals surface area (Å²) < 4.78 is 7.69. The van der Waals surface area contributed by atoms with E-state index in [4.69, 9.17) is 9.84 Å². The Bertz CT molecular complexity index is 1200. The topological polar surface area (TPSA) is 93.9 Å². The molecule has 0 amide bonds. The molecule has 0 unspecified atom stereocenters. The van der Waals surface area contributed by atoms with Crippen molar-refractivity contribution in [2.45, 2.75) is 6.61 Å². The van der Waals surface area contributed by atoms with E-state index in [1.165, 1.54) is 0 Å². The Labute approximate surface area is 159 Å². The molecule has 0 aliphatic heterocycles. The third-order valence-corrected chi connectivity index (χ3v) is 4.30. The number of nitrogens with zero attached hydrogens (tertiary/aromatic N) is 6. The van der Waals surface area contributed by atoms with Gasteiger partial charge in [-0.05, 0) is 11.6 Å². The molecule has 28 heavy (non-hydrogen) atoms. The lowest BCUT2D eigenvalue weighted by atomic mass is 10.1. The zero-order valence-corrected chi connectivity index (χ0v) is 14.7. The Morgan fingerprint density at radius 3 is 2.36 bits per heavy atom. The summed E-state index contributed by atoms with van der Waals surface area (Å²) in [6.45, 7) is 0.248. The highest BCUT2D eigenvalue weighted by Crippen LogP contribution is 2.30. The summed E-state index contributed by atoms with van der Waals surface area (Å²) in [5.41, 5.74) is 4.08. The molecular weight excluding hydrogens is 354 g/mol. The molecule has 2 aromatic carbocycles. The van der Waals surface area contributed by atoms with Crippen LogP contribution >= 0.6 is 0 Å². The number of H-pyrrole nitrogens is 1. The van der Waals surface area contributed by atoms with Crippen LogP contribution in [0.2, 0.25) is 0 Å². The summed E-state index contributed by atoms with van der Waals surface area (Å²) in [5.74, 6) is 1.13. The van der Waals surface area contributed by atoms with E-state index in [2.05, 4.69) is 25.6 Å². The second kappa shape index (κ2) is 6.92. The Hall–Kier alpha value is -4.07. The van der Waals surface area contributed by atoms with Gasteiger partial charge in [0.1, 0.15) is 12.3 Å². The van der Waals surface area contributed by atoms with Crippen LogP contribution in [-0.4, -0.2) is 35.2 Å². The van der Waals surface area contributed by atoms with Crippen LogP contribution in [0.3, 0.4) is 0 Å². The second-order valence-corrected chi connectivity index (χ2v) is 6.14. The van der Waals surface area contributed by atoms with Crippen molar-refractivity contribution in [3.8, 4) is 28.4 Å². The van der Waals surface area contributed by atoms with Gasteiger partial charge >= 0.3 is 0 Å². The number of hydrogen-bond donors (Lipinski definition) is 1. The van der Waals surface area contributed by atoms with Gasteiger partial charge in [0, 0.05) is 11.1 Å². The van der Waals surface area contributed by atoms with Crippen molar-refractivity contribution in [3.05, 3.63) is 78.6 Å². The van der Waals surface area contributed by atoms with Crippen LogP contribution in [0.4, 0.5) is 0 Å². The number of ether oxygens (including phenoxy) is 1. The normalized spacial score (nSPS) is 11.0. The molecule has 5 aromatic rings. The van der Waals surface area contributed by atoms with Crippen LogP contribution in [0.25, 0.3) is 28.2 Å². The molecule has 136 valence electrons. The summed E-state index contributed by atoms with van der Waals surface area (Å²) >= 11 is 0. The number of nitrogens with one attached hydrogen (secondary N) is 1. The first kappa shape index (κ1) is 16.1. The SMILES string of the molecule is c1ccc(-c2cc3nnc(-c4ccccc4)n3nc2OCc2cn[nH]n2)cc1. The fourth-order valence-corrected chi connectivity index (χ4v) is 2.95. The molecule has 0 spiro atoms. The van der Waals surface area contributed by atoms with E-state index >= 15 is 0 Å². The molecule has 0 radical (unpaired) electrons. The smallest absolute Gasteiger partial charge is 0.240 e. The Balaban J connectivity index is 1.64. The van der Waals surface area contributed by atoms with Crippen LogP contribution in [0, 0.1) is 0 Å². The average Bonchev–Trinajstić information content (AvgIpc) is 3.42.